The van der Waals surface area contributed by atoms with Gasteiger partial charge in [0.05, 0.1) is 0 Å². The summed E-state index contributed by atoms with van der Waals surface area (Å²) >= 11 is 0. The van der Waals surface area contributed by atoms with E-state index in [0.717, 1.165) is 31.7 Å². The molecule has 0 aromatic heterocycles. The maximum absolute atomic E-state index is 13.1. The highest BCUT2D eigenvalue weighted by molar-refractivity contribution is 5.45. The van der Waals surface area contributed by atoms with Gasteiger partial charge in [0.15, 0.2) is 11.6 Å². The molecule has 100 valence electrons. The molecule has 1 unspecified atom stereocenters. The van der Waals surface area contributed by atoms with Crippen molar-refractivity contribution >= 4 is 5.69 Å². The van der Waals surface area contributed by atoms with Crippen LogP contribution in [0.5, 0.6) is 0 Å². The molecule has 0 amide bonds. The highest BCUT2D eigenvalue weighted by Gasteiger charge is 2.14. The molecule has 1 heterocycles. The van der Waals surface area contributed by atoms with Crippen molar-refractivity contribution in [2.24, 2.45) is 5.92 Å². The van der Waals surface area contributed by atoms with Gasteiger partial charge < -0.3 is 10.2 Å². The van der Waals surface area contributed by atoms with Crippen LogP contribution in [-0.2, 0) is 0 Å². The van der Waals surface area contributed by atoms with Crippen molar-refractivity contribution in [2.75, 3.05) is 31.6 Å². The highest BCUT2D eigenvalue weighted by atomic mass is 19.2. The molecule has 2 nitrogen and oxygen atoms in total. The summed E-state index contributed by atoms with van der Waals surface area (Å²) in [6, 6.07) is 4.06. The molecular weight excluding hydrogens is 234 g/mol. The number of benzene rings is 1. The van der Waals surface area contributed by atoms with Crippen molar-refractivity contribution in [3.63, 3.8) is 0 Å². The number of nitrogens with one attached hydrogen (secondary N) is 1. The Kier molecular flexibility index (Phi) is 4.53. The first-order chi connectivity index (χ1) is 8.66. The van der Waals surface area contributed by atoms with Crippen LogP contribution in [0.3, 0.4) is 0 Å². The normalized spacial score (nSPS) is 19.8. The molecule has 0 aliphatic carbocycles. The lowest BCUT2D eigenvalue weighted by atomic mass is 9.96. The number of hydrogen-bond donors (Lipinski definition) is 1. The number of nitrogens with zero attached hydrogens (tertiary/aromatic N) is 1. The summed E-state index contributed by atoms with van der Waals surface area (Å²) in [4.78, 5) is 1.98. The molecule has 1 N–H and O–H groups in total. The molecule has 18 heavy (non-hydrogen) atoms. The standard InChI is InChI=1S/C14H20F2N2/c1-18(8-6-11-3-2-7-17-10-11)12-4-5-13(15)14(16)9-12/h4-5,9,11,17H,2-3,6-8,10H2,1H3. The summed E-state index contributed by atoms with van der Waals surface area (Å²) < 4.78 is 26.0. The lowest BCUT2D eigenvalue weighted by Crippen LogP contribution is -2.32. The topological polar surface area (TPSA) is 15.3 Å². The van der Waals surface area contributed by atoms with E-state index < -0.39 is 11.6 Å². The number of halogens is 2. The van der Waals surface area contributed by atoms with Gasteiger partial charge in [0, 0.05) is 25.3 Å². The smallest absolute Gasteiger partial charge is 0.160 e. The number of hydrogen-bond acceptors (Lipinski definition) is 2. The van der Waals surface area contributed by atoms with E-state index in [1.807, 2.05) is 11.9 Å². The van der Waals surface area contributed by atoms with Crippen LogP contribution in [0.15, 0.2) is 18.2 Å². The largest absolute Gasteiger partial charge is 0.375 e. The Morgan fingerprint density at radius 2 is 2.17 bits per heavy atom. The molecular formula is C14H20F2N2. The number of anilines is 1. The summed E-state index contributed by atoms with van der Waals surface area (Å²) in [7, 11) is 1.92. The Labute approximate surface area is 107 Å². The predicted molar refractivity (Wildman–Crippen MR) is 69.8 cm³/mol. The van der Waals surface area contributed by atoms with Crippen LogP contribution < -0.4 is 10.2 Å². The van der Waals surface area contributed by atoms with Gasteiger partial charge >= 0.3 is 0 Å². The zero-order chi connectivity index (χ0) is 13.0. The van der Waals surface area contributed by atoms with E-state index in [1.165, 1.54) is 25.0 Å². The van der Waals surface area contributed by atoms with E-state index in [-0.39, 0.29) is 0 Å². The first-order valence-electron chi connectivity index (χ1n) is 6.53. The van der Waals surface area contributed by atoms with Crippen LogP contribution in [-0.4, -0.2) is 26.7 Å². The zero-order valence-electron chi connectivity index (χ0n) is 10.8. The van der Waals surface area contributed by atoms with Crippen LogP contribution in [0.4, 0.5) is 14.5 Å². The molecule has 0 spiro atoms. The van der Waals surface area contributed by atoms with E-state index in [1.54, 1.807) is 6.07 Å². The zero-order valence-corrected chi connectivity index (χ0v) is 10.8. The van der Waals surface area contributed by atoms with Gasteiger partial charge in [0.1, 0.15) is 0 Å². The fourth-order valence-corrected chi connectivity index (χ4v) is 2.40. The monoisotopic (exact) mass is 254 g/mol. The molecule has 1 aromatic rings. The maximum Gasteiger partial charge on any atom is 0.160 e. The third-order valence-corrected chi connectivity index (χ3v) is 3.62. The molecule has 1 aliphatic rings. The summed E-state index contributed by atoms with van der Waals surface area (Å²) in [6.45, 7) is 3.07. The Morgan fingerprint density at radius 1 is 1.33 bits per heavy atom. The van der Waals surface area contributed by atoms with Crippen molar-refractivity contribution in [3.8, 4) is 0 Å². The van der Waals surface area contributed by atoms with Crippen molar-refractivity contribution in [1.29, 1.82) is 0 Å². The Hall–Kier alpha value is -1.16. The Bertz CT molecular complexity index is 389. The quantitative estimate of drug-likeness (QED) is 0.889. The summed E-state index contributed by atoms with van der Waals surface area (Å²) in [6.07, 6.45) is 3.58. The van der Waals surface area contributed by atoms with Crippen molar-refractivity contribution in [2.45, 2.75) is 19.3 Å². The van der Waals surface area contributed by atoms with Crippen LogP contribution in [0.25, 0.3) is 0 Å². The van der Waals surface area contributed by atoms with Crippen molar-refractivity contribution in [3.05, 3.63) is 29.8 Å². The van der Waals surface area contributed by atoms with Gasteiger partial charge in [-0.3, -0.25) is 0 Å². The van der Waals surface area contributed by atoms with Crippen molar-refractivity contribution in [1.82, 2.24) is 5.32 Å². The fourth-order valence-electron chi connectivity index (χ4n) is 2.40. The van der Waals surface area contributed by atoms with Crippen LogP contribution in [0.1, 0.15) is 19.3 Å². The van der Waals surface area contributed by atoms with E-state index >= 15 is 0 Å². The minimum absolute atomic E-state index is 0.700. The average molecular weight is 254 g/mol. The third kappa shape index (κ3) is 3.42. The van der Waals surface area contributed by atoms with E-state index in [0.29, 0.717) is 5.92 Å². The molecule has 0 radical (unpaired) electrons. The van der Waals surface area contributed by atoms with Gasteiger partial charge in [-0.05, 0) is 50.4 Å². The molecule has 2 rings (SSSR count). The molecule has 0 saturated carbocycles. The maximum atomic E-state index is 13.1. The van der Waals surface area contributed by atoms with Crippen LogP contribution in [0.2, 0.25) is 0 Å². The van der Waals surface area contributed by atoms with Gasteiger partial charge in [-0.2, -0.15) is 0 Å². The molecule has 0 bridgehead atoms. The first-order valence-corrected chi connectivity index (χ1v) is 6.53. The predicted octanol–water partition coefficient (Wildman–Crippen LogP) is 2.79. The number of rotatable bonds is 4. The minimum Gasteiger partial charge on any atom is -0.375 e. The lowest BCUT2D eigenvalue weighted by molar-refractivity contribution is 0.360. The highest BCUT2D eigenvalue weighted by Crippen LogP contribution is 2.19. The minimum atomic E-state index is -0.788. The van der Waals surface area contributed by atoms with E-state index in [2.05, 4.69) is 5.32 Å². The summed E-state index contributed by atoms with van der Waals surface area (Å²) in [5.41, 5.74) is 0.734. The average Bonchev–Trinajstić information content (AvgIpc) is 2.40. The van der Waals surface area contributed by atoms with Gasteiger partial charge in [0.25, 0.3) is 0 Å². The molecule has 1 fully saturated rings. The fraction of sp³-hybridized carbons (Fsp3) is 0.571. The second-order valence-electron chi connectivity index (χ2n) is 5.02. The Morgan fingerprint density at radius 3 is 2.83 bits per heavy atom. The van der Waals surface area contributed by atoms with Crippen molar-refractivity contribution < 1.29 is 8.78 Å². The van der Waals surface area contributed by atoms with Crippen LogP contribution >= 0.6 is 0 Å². The number of piperidine rings is 1. The second-order valence-corrected chi connectivity index (χ2v) is 5.02. The van der Waals surface area contributed by atoms with Gasteiger partial charge in [-0.15, -0.1) is 0 Å². The van der Waals surface area contributed by atoms with E-state index in [4.69, 9.17) is 0 Å². The second kappa shape index (κ2) is 6.14. The first kappa shape index (κ1) is 13.3. The van der Waals surface area contributed by atoms with Gasteiger partial charge in [-0.25, -0.2) is 8.78 Å². The molecule has 4 heteroatoms. The third-order valence-electron chi connectivity index (χ3n) is 3.62. The van der Waals surface area contributed by atoms with Gasteiger partial charge in [-0.1, -0.05) is 0 Å². The Balaban J connectivity index is 1.86. The molecule has 1 aromatic carbocycles. The van der Waals surface area contributed by atoms with Crippen LogP contribution in [0, 0.1) is 17.6 Å². The van der Waals surface area contributed by atoms with E-state index in [9.17, 15) is 8.78 Å². The summed E-state index contributed by atoms with van der Waals surface area (Å²) in [5, 5.41) is 3.39. The molecule has 1 atom stereocenters. The SMILES string of the molecule is CN(CCC1CCCNC1)c1ccc(F)c(F)c1. The van der Waals surface area contributed by atoms with Gasteiger partial charge in [0.2, 0.25) is 0 Å². The molecule has 1 saturated heterocycles. The lowest BCUT2D eigenvalue weighted by Gasteiger charge is -2.26. The molecule has 1 aliphatic heterocycles. The summed E-state index contributed by atoms with van der Waals surface area (Å²) in [5.74, 6) is -0.867.